The summed E-state index contributed by atoms with van der Waals surface area (Å²) in [4.78, 5) is 0. The van der Waals surface area contributed by atoms with Crippen molar-refractivity contribution in [3.8, 4) is 11.5 Å². The van der Waals surface area contributed by atoms with Gasteiger partial charge in [0, 0.05) is 12.2 Å². The van der Waals surface area contributed by atoms with E-state index < -0.39 is 0 Å². The molecule has 0 spiro atoms. The highest BCUT2D eigenvalue weighted by atomic mass is 16.5. The molecule has 0 aliphatic rings. The van der Waals surface area contributed by atoms with E-state index in [0.717, 1.165) is 62.6 Å². The number of anilines is 1. The predicted octanol–water partition coefficient (Wildman–Crippen LogP) is 5.66. The van der Waals surface area contributed by atoms with Gasteiger partial charge in [-0.25, -0.2) is 0 Å². The van der Waals surface area contributed by atoms with E-state index in [0.29, 0.717) is 0 Å². The lowest BCUT2D eigenvalue weighted by Crippen LogP contribution is -2.01. The Labute approximate surface area is 146 Å². The molecule has 0 aromatic heterocycles. The van der Waals surface area contributed by atoms with Crippen LogP contribution in [0.3, 0.4) is 0 Å². The highest BCUT2D eigenvalue weighted by Crippen LogP contribution is 2.18. The summed E-state index contributed by atoms with van der Waals surface area (Å²) in [5.74, 6) is 1.88. The van der Waals surface area contributed by atoms with Crippen LogP contribution in [0.2, 0.25) is 0 Å². The number of unbranched alkanes of at least 4 members (excludes halogenated alkanes) is 2. The van der Waals surface area contributed by atoms with Gasteiger partial charge in [-0.1, -0.05) is 38.8 Å². The zero-order valence-corrected chi connectivity index (χ0v) is 14.9. The Balaban J connectivity index is 1.76. The van der Waals surface area contributed by atoms with Crippen molar-refractivity contribution in [1.82, 2.24) is 0 Å². The van der Waals surface area contributed by atoms with Gasteiger partial charge in [-0.3, -0.25) is 0 Å². The standard InChI is InChI=1S/C21H29NO2/c1-3-5-15-23-20-11-7-18(8-12-20)17-22-19-9-13-21(14-10-19)24-16-6-4-2/h7-14,22H,3-6,15-17H2,1-2H3. The summed E-state index contributed by atoms with van der Waals surface area (Å²) in [5.41, 5.74) is 2.34. The Bertz CT molecular complexity index is 510. The number of hydrogen-bond acceptors (Lipinski definition) is 3. The maximum absolute atomic E-state index is 5.68. The Morgan fingerprint density at radius 3 is 1.71 bits per heavy atom. The molecule has 3 heteroatoms. The Kier molecular flexibility index (Phi) is 8.02. The van der Waals surface area contributed by atoms with Crippen LogP contribution in [0.25, 0.3) is 0 Å². The topological polar surface area (TPSA) is 30.5 Å². The van der Waals surface area contributed by atoms with Crippen molar-refractivity contribution in [3.63, 3.8) is 0 Å². The molecule has 2 rings (SSSR count). The summed E-state index contributed by atoms with van der Waals surface area (Å²) in [6.07, 6.45) is 4.51. The molecule has 0 saturated heterocycles. The van der Waals surface area contributed by atoms with Gasteiger partial charge in [0.25, 0.3) is 0 Å². The minimum absolute atomic E-state index is 0.788. The van der Waals surface area contributed by atoms with E-state index in [2.05, 4.69) is 43.4 Å². The number of nitrogens with one attached hydrogen (secondary N) is 1. The monoisotopic (exact) mass is 327 g/mol. The number of hydrogen-bond donors (Lipinski definition) is 1. The van der Waals surface area contributed by atoms with Crippen molar-refractivity contribution in [2.75, 3.05) is 18.5 Å². The molecule has 0 atom stereocenters. The summed E-state index contributed by atoms with van der Waals surface area (Å²) in [7, 11) is 0. The smallest absolute Gasteiger partial charge is 0.119 e. The lowest BCUT2D eigenvalue weighted by atomic mass is 10.2. The van der Waals surface area contributed by atoms with Crippen LogP contribution in [0.15, 0.2) is 48.5 Å². The summed E-state index contributed by atoms with van der Waals surface area (Å²) in [5, 5.41) is 3.43. The van der Waals surface area contributed by atoms with Crippen LogP contribution in [0.5, 0.6) is 11.5 Å². The van der Waals surface area contributed by atoms with Crippen molar-refractivity contribution >= 4 is 5.69 Å². The molecule has 0 aliphatic carbocycles. The van der Waals surface area contributed by atoms with Crippen LogP contribution < -0.4 is 14.8 Å². The Hall–Kier alpha value is -2.16. The molecular weight excluding hydrogens is 298 g/mol. The summed E-state index contributed by atoms with van der Waals surface area (Å²) >= 11 is 0. The van der Waals surface area contributed by atoms with Crippen LogP contribution in [-0.2, 0) is 6.54 Å². The zero-order chi connectivity index (χ0) is 17.0. The quantitative estimate of drug-likeness (QED) is 0.540. The first-order chi connectivity index (χ1) is 11.8. The van der Waals surface area contributed by atoms with Crippen LogP contribution >= 0.6 is 0 Å². The lowest BCUT2D eigenvalue weighted by Gasteiger charge is -2.10. The van der Waals surface area contributed by atoms with Crippen molar-refractivity contribution in [1.29, 1.82) is 0 Å². The second-order valence-corrected chi connectivity index (χ2v) is 5.93. The van der Waals surface area contributed by atoms with E-state index in [1.54, 1.807) is 0 Å². The van der Waals surface area contributed by atoms with E-state index in [-0.39, 0.29) is 0 Å². The van der Waals surface area contributed by atoms with Gasteiger partial charge in [0.15, 0.2) is 0 Å². The molecule has 130 valence electrons. The van der Waals surface area contributed by atoms with Crippen molar-refractivity contribution in [3.05, 3.63) is 54.1 Å². The molecule has 0 heterocycles. The van der Waals surface area contributed by atoms with E-state index >= 15 is 0 Å². The molecule has 0 bridgehead atoms. The highest BCUT2D eigenvalue weighted by Gasteiger charge is 1.98. The molecular formula is C21H29NO2. The fourth-order valence-corrected chi connectivity index (χ4v) is 2.25. The van der Waals surface area contributed by atoms with Crippen LogP contribution in [0.4, 0.5) is 5.69 Å². The number of benzene rings is 2. The first kappa shape index (κ1) is 18.2. The first-order valence-corrected chi connectivity index (χ1v) is 9.00. The van der Waals surface area contributed by atoms with Crippen molar-refractivity contribution in [2.45, 2.75) is 46.1 Å². The zero-order valence-electron chi connectivity index (χ0n) is 14.9. The van der Waals surface area contributed by atoms with Gasteiger partial charge in [0.1, 0.15) is 11.5 Å². The predicted molar refractivity (Wildman–Crippen MR) is 101 cm³/mol. The van der Waals surface area contributed by atoms with Gasteiger partial charge < -0.3 is 14.8 Å². The fraction of sp³-hybridized carbons (Fsp3) is 0.429. The third-order valence-electron chi connectivity index (χ3n) is 3.81. The molecule has 0 radical (unpaired) electrons. The van der Waals surface area contributed by atoms with Crippen molar-refractivity contribution in [2.24, 2.45) is 0 Å². The van der Waals surface area contributed by atoms with E-state index in [4.69, 9.17) is 9.47 Å². The molecule has 0 aliphatic heterocycles. The van der Waals surface area contributed by atoms with Gasteiger partial charge in [0.2, 0.25) is 0 Å². The minimum Gasteiger partial charge on any atom is -0.494 e. The SMILES string of the molecule is CCCCOc1ccc(CNc2ccc(OCCCC)cc2)cc1. The fourth-order valence-electron chi connectivity index (χ4n) is 2.25. The molecule has 0 amide bonds. The summed E-state index contributed by atoms with van der Waals surface area (Å²) < 4.78 is 11.4. The molecule has 0 saturated carbocycles. The molecule has 3 nitrogen and oxygen atoms in total. The van der Waals surface area contributed by atoms with E-state index in [9.17, 15) is 0 Å². The second kappa shape index (κ2) is 10.6. The molecule has 0 unspecified atom stereocenters. The Morgan fingerprint density at radius 2 is 1.21 bits per heavy atom. The lowest BCUT2D eigenvalue weighted by molar-refractivity contribution is 0.309. The molecule has 1 N–H and O–H groups in total. The third kappa shape index (κ3) is 6.53. The van der Waals surface area contributed by atoms with E-state index in [1.165, 1.54) is 5.56 Å². The summed E-state index contributed by atoms with van der Waals surface area (Å²) in [6.45, 7) is 6.71. The maximum Gasteiger partial charge on any atom is 0.119 e. The average Bonchev–Trinajstić information content (AvgIpc) is 2.63. The molecule has 24 heavy (non-hydrogen) atoms. The van der Waals surface area contributed by atoms with Gasteiger partial charge >= 0.3 is 0 Å². The minimum atomic E-state index is 0.788. The van der Waals surface area contributed by atoms with Crippen molar-refractivity contribution < 1.29 is 9.47 Å². The van der Waals surface area contributed by atoms with Crippen LogP contribution in [0.1, 0.15) is 45.1 Å². The van der Waals surface area contributed by atoms with Gasteiger partial charge in [0.05, 0.1) is 13.2 Å². The highest BCUT2D eigenvalue weighted by molar-refractivity contribution is 5.47. The largest absolute Gasteiger partial charge is 0.494 e. The second-order valence-electron chi connectivity index (χ2n) is 5.93. The number of ether oxygens (including phenoxy) is 2. The van der Waals surface area contributed by atoms with Crippen LogP contribution in [-0.4, -0.2) is 13.2 Å². The number of rotatable bonds is 11. The van der Waals surface area contributed by atoms with E-state index in [1.807, 2.05) is 24.3 Å². The van der Waals surface area contributed by atoms with Gasteiger partial charge in [-0.2, -0.15) is 0 Å². The van der Waals surface area contributed by atoms with Crippen LogP contribution in [0, 0.1) is 0 Å². The molecule has 2 aromatic rings. The normalized spacial score (nSPS) is 10.4. The first-order valence-electron chi connectivity index (χ1n) is 9.00. The molecule has 0 fully saturated rings. The Morgan fingerprint density at radius 1 is 0.708 bits per heavy atom. The van der Waals surface area contributed by atoms with Gasteiger partial charge in [-0.15, -0.1) is 0 Å². The van der Waals surface area contributed by atoms with Gasteiger partial charge in [-0.05, 0) is 54.8 Å². The molecule has 2 aromatic carbocycles. The maximum atomic E-state index is 5.68. The third-order valence-corrected chi connectivity index (χ3v) is 3.81. The summed E-state index contributed by atoms with van der Waals surface area (Å²) in [6, 6.07) is 16.4. The average molecular weight is 327 g/mol.